The first kappa shape index (κ1) is 13.4. The van der Waals surface area contributed by atoms with Crippen molar-refractivity contribution in [2.45, 2.75) is 6.42 Å². The lowest BCUT2D eigenvalue weighted by molar-refractivity contribution is -0.122. The zero-order valence-electron chi connectivity index (χ0n) is 9.18. The van der Waals surface area contributed by atoms with Gasteiger partial charge in [0, 0.05) is 13.1 Å². The maximum atomic E-state index is 11.3. The maximum absolute atomic E-state index is 11.3. The van der Waals surface area contributed by atoms with Gasteiger partial charge >= 0.3 is 0 Å². The zero-order valence-corrected chi connectivity index (χ0v) is 10.0. The van der Waals surface area contributed by atoms with Gasteiger partial charge in [0.05, 0.1) is 24.7 Å². The minimum Gasteiger partial charge on any atom is -0.395 e. The second kappa shape index (κ2) is 6.17. The van der Waals surface area contributed by atoms with Crippen molar-refractivity contribution in [3.05, 3.63) is 0 Å². The van der Waals surface area contributed by atoms with E-state index in [-0.39, 0.29) is 37.1 Å². The molecule has 1 aliphatic heterocycles. The second-order valence-electron chi connectivity index (χ2n) is 3.86. The quantitative estimate of drug-likeness (QED) is 0.616. The fourth-order valence-corrected chi connectivity index (χ4v) is 2.91. The molecule has 2 N–H and O–H groups in total. The number of sulfone groups is 1. The lowest BCUT2D eigenvalue weighted by atomic mass is 10.4. The van der Waals surface area contributed by atoms with E-state index in [9.17, 15) is 13.2 Å². The predicted octanol–water partition coefficient (Wildman–Crippen LogP) is -1.78. The molecule has 0 atom stereocenters. The number of hydrogen-bond acceptors (Lipinski definition) is 5. The van der Waals surface area contributed by atoms with Gasteiger partial charge in [-0.05, 0) is 13.0 Å². The molecule has 0 saturated carbocycles. The lowest BCUT2D eigenvalue weighted by Crippen LogP contribution is -2.39. The van der Waals surface area contributed by atoms with Gasteiger partial charge in [-0.2, -0.15) is 0 Å². The number of amides is 1. The van der Waals surface area contributed by atoms with E-state index in [1.54, 1.807) is 0 Å². The van der Waals surface area contributed by atoms with Crippen LogP contribution in [-0.2, 0) is 14.6 Å². The SMILES string of the molecule is O=C(CN1CCCS(=O)(=O)CC1)NCCO. The highest BCUT2D eigenvalue weighted by atomic mass is 32.2. The molecule has 0 unspecified atom stereocenters. The average molecular weight is 250 g/mol. The Hall–Kier alpha value is -0.660. The standard InChI is InChI=1S/C9H18N2O4S/c12-5-2-10-9(13)8-11-3-1-6-16(14,15)7-4-11/h12H,1-8H2,(H,10,13). The minimum absolute atomic E-state index is 0.0832. The topological polar surface area (TPSA) is 86.7 Å². The van der Waals surface area contributed by atoms with E-state index in [1.165, 1.54) is 0 Å². The summed E-state index contributed by atoms with van der Waals surface area (Å²) in [5.41, 5.74) is 0. The molecule has 0 radical (unpaired) electrons. The number of nitrogens with one attached hydrogen (secondary N) is 1. The molecule has 1 saturated heterocycles. The Bertz CT molecular complexity index is 328. The van der Waals surface area contributed by atoms with Crippen LogP contribution in [0.4, 0.5) is 0 Å². The van der Waals surface area contributed by atoms with E-state index in [0.717, 1.165) is 0 Å². The summed E-state index contributed by atoms with van der Waals surface area (Å²) >= 11 is 0. The van der Waals surface area contributed by atoms with Crippen molar-refractivity contribution in [1.82, 2.24) is 10.2 Å². The fraction of sp³-hybridized carbons (Fsp3) is 0.889. The normalized spacial score (nSPS) is 21.3. The van der Waals surface area contributed by atoms with Crippen molar-refractivity contribution >= 4 is 15.7 Å². The van der Waals surface area contributed by atoms with E-state index >= 15 is 0 Å². The fourth-order valence-electron chi connectivity index (χ4n) is 1.60. The van der Waals surface area contributed by atoms with Gasteiger partial charge in [0.1, 0.15) is 0 Å². The van der Waals surface area contributed by atoms with Crippen LogP contribution < -0.4 is 5.32 Å². The first-order valence-corrected chi connectivity index (χ1v) is 7.16. The third-order valence-electron chi connectivity index (χ3n) is 2.45. The van der Waals surface area contributed by atoms with E-state index < -0.39 is 9.84 Å². The van der Waals surface area contributed by atoms with Crippen LogP contribution in [0.1, 0.15) is 6.42 Å². The van der Waals surface area contributed by atoms with Crippen LogP contribution >= 0.6 is 0 Å². The van der Waals surface area contributed by atoms with Crippen molar-refractivity contribution in [2.75, 3.05) is 44.3 Å². The Morgan fingerprint density at radius 2 is 2.06 bits per heavy atom. The van der Waals surface area contributed by atoms with Gasteiger partial charge in [-0.1, -0.05) is 0 Å². The van der Waals surface area contributed by atoms with E-state index in [2.05, 4.69) is 5.32 Å². The van der Waals surface area contributed by atoms with Gasteiger partial charge < -0.3 is 10.4 Å². The van der Waals surface area contributed by atoms with Crippen LogP contribution in [0.15, 0.2) is 0 Å². The molecule has 94 valence electrons. The van der Waals surface area contributed by atoms with Gasteiger partial charge in [0.25, 0.3) is 0 Å². The highest BCUT2D eigenvalue weighted by Crippen LogP contribution is 2.04. The molecule has 0 aromatic carbocycles. The van der Waals surface area contributed by atoms with Crippen molar-refractivity contribution in [2.24, 2.45) is 0 Å². The Morgan fingerprint density at radius 3 is 2.75 bits per heavy atom. The van der Waals surface area contributed by atoms with Gasteiger partial charge in [0.2, 0.25) is 5.91 Å². The molecular weight excluding hydrogens is 232 g/mol. The largest absolute Gasteiger partial charge is 0.395 e. The molecule has 0 bridgehead atoms. The van der Waals surface area contributed by atoms with Gasteiger partial charge in [-0.25, -0.2) is 8.42 Å². The van der Waals surface area contributed by atoms with Crippen LogP contribution in [0, 0.1) is 0 Å². The summed E-state index contributed by atoms with van der Waals surface area (Å²) in [7, 11) is -2.92. The molecular formula is C9H18N2O4S. The molecule has 1 amide bonds. The van der Waals surface area contributed by atoms with Gasteiger partial charge in [-0.3, -0.25) is 9.69 Å². The second-order valence-corrected chi connectivity index (χ2v) is 6.16. The molecule has 0 aromatic heterocycles. The zero-order chi connectivity index (χ0) is 12.0. The third-order valence-corrected chi connectivity index (χ3v) is 4.16. The van der Waals surface area contributed by atoms with Crippen molar-refractivity contribution in [3.8, 4) is 0 Å². The molecule has 0 aliphatic carbocycles. The van der Waals surface area contributed by atoms with Gasteiger partial charge in [0.15, 0.2) is 9.84 Å². The number of hydrogen-bond donors (Lipinski definition) is 2. The summed E-state index contributed by atoms with van der Waals surface area (Å²) in [5, 5.41) is 11.1. The minimum atomic E-state index is -2.92. The molecule has 7 heteroatoms. The van der Waals surface area contributed by atoms with Gasteiger partial charge in [-0.15, -0.1) is 0 Å². The molecule has 0 spiro atoms. The van der Waals surface area contributed by atoms with E-state index in [0.29, 0.717) is 19.5 Å². The maximum Gasteiger partial charge on any atom is 0.234 e. The van der Waals surface area contributed by atoms with Crippen LogP contribution in [0.5, 0.6) is 0 Å². The van der Waals surface area contributed by atoms with Crippen LogP contribution in [0.3, 0.4) is 0 Å². The number of rotatable bonds is 4. The van der Waals surface area contributed by atoms with E-state index in [4.69, 9.17) is 5.11 Å². The Kier molecular flexibility index (Phi) is 5.17. The lowest BCUT2D eigenvalue weighted by Gasteiger charge is -2.18. The monoisotopic (exact) mass is 250 g/mol. The molecule has 6 nitrogen and oxygen atoms in total. The Balaban J connectivity index is 2.35. The number of aliphatic hydroxyl groups excluding tert-OH is 1. The number of carbonyl (C=O) groups is 1. The highest BCUT2D eigenvalue weighted by molar-refractivity contribution is 7.91. The summed E-state index contributed by atoms with van der Waals surface area (Å²) in [6.45, 7) is 1.40. The van der Waals surface area contributed by atoms with E-state index in [1.807, 2.05) is 4.90 Å². The molecule has 0 aromatic rings. The van der Waals surface area contributed by atoms with Crippen molar-refractivity contribution in [1.29, 1.82) is 0 Å². The molecule has 1 heterocycles. The van der Waals surface area contributed by atoms with Crippen LogP contribution in [0.25, 0.3) is 0 Å². The highest BCUT2D eigenvalue weighted by Gasteiger charge is 2.20. The first-order valence-electron chi connectivity index (χ1n) is 5.34. The van der Waals surface area contributed by atoms with Crippen LogP contribution in [-0.4, -0.2) is 68.6 Å². The number of nitrogens with zero attached hydrogens (tertiary/aromatic N) is 1. The average Bonchev–Trinajstić information content (AvgIpc) is 2.37. The first-order chi connectivity index (χ1) is 7.53. The van der Waals surface area contributed by atoms with Crippen molar-refractivity contribution in [3.63, 3.8) is 0 Å². The van der Waals surface area contributed by atoms with Crippen LogP contribution in [0.2, 0.25) is 0 Å². The molecule has 16 heavy (non-hydrogen) atoms. The molecule has 1 aliphatic rings. The predicted molar refractivity (Wildman–Crippen MR) is 59.8 cm³/mol. The Morgan fingerprint density at radius 1 is 1.31 bits per heavy atom. The molecule has 1 fully saturated rings. The Labute approximate surface area is 95.5 Å². The third kappa shape index (κ3) is 4.91. The van der Waals surface area contributed by atoms with Crippen molar-refractivity contribution < 1.29 is 18.3 Å². The summed E-state index contributed by atoms with van der Waals surface area (Å²) in [6, 6.07) is 0. The number of aliphatic hydroxyl groups is 1. The molecule has 1 rings (SSSR count). The summed E-state index contributed by atoms with van der Waals surface area (Å²) in [6.07, 6.45) is 0.579. The summed E-state index contributed by atoms with van der Waals surface area (Å²) in [4.78, 5) is 13.2. The number of carbonyl (C=O) groups excluding carboxylic acids is 1. The summed E-state index contributed by atoms with van der Waals surface area (Å²) < 4.78 is 22.6. The smallest absolute Gasteiger partial charge is 0.234 e. The summed E-state index contributed by atoms with van der Waals surface area (Å²) in [5.74, 6) is 0.163.